The molecule has 116 valence electrons. The third kappa shape index (κ3) is 4.07. The normalized spacial score (nSPS) is 12.8. The Hall–Kier alpha value is -1.89. The van der Waals surface area contributed by atoms with Gasteiger partial charge in [0.05, 0.1) is 17.2 Å². The molecule has 0 saturated heterocycles. The minimum Gasteiger partial charge on any atom is -0.345 e. The number of halogens is 4. The second kappa shape index (κ2) is 6.48. The van der Waals surface area contributed by atoms with Gasteiger partial charge in [0.2, 0.25) is 0 Å². The number of amides is 1. The molecule has 0 fully saturated rings. The maximum absolute atomic E-state index is 12.7. The van der Waals surface area contributed by atoms with Gasteiger partial charge in [0.15, 0.2) is 0 Å². The van der Waals surface area contributed by atoms with Gasteiger partial charge >= 0.3 is 6.18 Å². The average Bonchev–Trinajstić information content (AvgIpc) is 2.46. The zero-order valence-corrected chi connectivity index (χ0v) is 13.1. The van der Waals surface area contributed by atoms with Gasteiger partial charge in [-0.2, -0.15) is 13.2 Å². The number of hydrogen-bond acceptors (Lipinski definition) is 2. The number of rotatable bonds is 3. The smallest absolute Gasteiger partial charge is 0.345 e. The lowest BCUT2D eigenvalue weighted by molar-refractivity contribution is -0.137. The predicted molar refractivity (Wildman–Crippen MR) is 79.3 cm³/mol. The van der Waals surface area contributed by atoms with E-state index in [0.29, 0.717) is 15.6 Å². The molecule has 7 heteroatoms. The maximum Gasteiger partial charge on any atom is 0.416 e. The Morgan fingerprint density at radius 2 is 2.00 bits per heavy atom. The van der Waals surface area contributed by atoms with Crippen molar-refractivity contribution in [3.8, 4) is 0 Å². The number of pyridine rings is 1. The molecule has 0 saturated carbocycles. The lowest BCUT2D eigenvalue weighted by atomic mass is 10.0. The van der Waals surface area contributed by atoms with E-state index in [1.807, 2.05) is 0 Å². The summed E-state index contributed by atoms with van der Waals surface area (Å²) in [6, 6.07) is 5.91. The van der Waals surface area contributed by atoms with Crippen molar-refractivity contribution < 1.29 is 18.0 Å². The van der Waals surface area contributed by atoms with Gasteiger partial charge in [0.25, 0.3) is 5.91 Å². The van der Waals surface area contributed by atoms with Crippen LogP contribution in [0.5, 0.6) is 0 Å². The topological polar surface area (TPSA) is 42.0 Å². The van der Waals surface area contributed by atoms with E-state index in [-0.39, 0.29) is 0 Å². The fourth-order valence-corrected chi connectivity index (χ4v) is 2.25. The first-order valence-corrected chi connectivity index (χ1v) is 7.15. The minimum absolute atomic E-state index is 0.327. The lowest BCUT2D eigenvalue weighted by Gasteiger charge is -2.16. The molecule has 1 amide bonds. The van der Waals surface area contributed by atoms with Gasteiger partial charge in [-0.05, 0) is 46.6 Å². The van der Waals surface area contributed by atoms with E-state index >= 15 is 0 Å². The van der Waals surface area contributed by atoms with Crippen LogP contribution in [0.1, 0.15) is 34.5 Å². The van der Waals surface area contributed by atoms with Crippen LogP contribution >= 0.6 is 15.9 Å². The van der Waals surface area contributed by atoms with E-state index in [2.05, 4.69) is 26.2 Å². The van der Waals surface area contributed by atoms with Gasteiger partial charge < -0.3 is 5.32 Å². The fraction of sp³-hybridized carbons (Fsp3) is 0.200. The molecule has 2 rings (SSSR count). The largest absolute Gasteiger partial charge is 0.416 e. The predicted octanol–water partition coefficient (Wildman–Crippen LogP) is 4.35. The zero-order valence-electron chi connectivity index (χ0n) is 11.5. The number of carbonyl (C=O) groups excluding carboxylic acids is 1. The average molecular weight is 373 g/mol. The number of carbonyl (C=O) groups is 1. The Bertz CT molecular complexity index is 688. The molecular formula is C15H12BrF3N2O. The highest BCUT2D eigenvalue weighted by Crippen LogP contribution is 2.30. The van der Waals surface area contributed by atoms with Gasteiger partial charge in [-0.25, -0.2) is 0 Å². The van der Waals surface area contributed by atoms with Crippen LogP contribution < -0.4 is 5.32 Å². The molecule has 22 heavy (non-hydrogen) atoms. The Morgan fingerprint density at radius 3 is 2.64 bits per heavy atom. The van der Waals surface area contributed by atoms with Crippen molar-refractivity contribution in [1.29, 1.82) is 0 Å². The van der Waals surface area contributed by atoms with Crippen LogP contribution in [0.3, 0.4) is 0 Å². The van der Waals surface area contributed by atoms with Crippen LogP contribution in [0, 0.1) is 0 Å². The highest BCUT2D eigenvalue weighted by atomic mass is 79.9. The van der Waals surface area contributed by atoms with Crippen molar-refractivity contribution >= 4 is 21.8 Å². The Kier molecular flexibility index (Phi) is 4.85. The van der Waals surface area contributed by atoms with E-state index in [4.69, 9.17) is 0 Å². The summed E-state index contributed by atoms with van der Waals surface area (Å²) >= 11 is 3.21. The number of nitrogens with one attached hydrogen (secondary N) is 1. The molecule has 3 nitrogen and oxygen atoms in total. The van der Waals surface area contributed by atoms with Crippen LogP contribution in [0.2, 0.25) is 0 Å². The highest BCUT2D eigenvalue weighted by molar-refractivity contribution is 9.10. The van der Waals surface area contributed by atoms with Crippen molar-refractivity contribution in [2.75, 3.05) is 0 Å². The summed E-state index contributed by atoms with van der Waals surface area (Å²) in [6.07, 6.45) is -1.49. The summed E-state index contributed by atoms with van der Waals surface area (Å²) in [4.78, 5) is 15.9. The second-order valence-corrected chi connectivity index (χ2v) is 5.63. The molecule has 1 unspecified atom stereocenters. The van der Waals surface area contributed by atoms with Crippen LogP contribution in [0.25, 0.3) is 0 Å². The molecule has 1 aromatic carbocycles. The molecule has 0 bridgehead atoms. The summed E-state index contributed by atoms with van der Waals surface area (Å²) < 4.78 is 38.8. The van der Waals surface area contributed by atoms with Crippen LogP contribution in [-0.2, 0) is 6.18 Å². The van der Waals surface area contributed by atoms with E-state index in [1.54, 1.807) is 19.1 Å². The Labute approximate surface area is 133 Å². The fourth-order valence-electron chi connectivity index (χ4n) is 1.88. The van der Waals surface area contributed by atoms with Crippen molar-refractivity contribution in [2.24, 2.45) is 0 Å². The van der Waals surface area contributed by atoms with Gasteiger partial charge in [0, 0.05) is 16.9 Å². The van der Waals surface area contributed by atoms with Gasteiger partial charge in [-0.15, -0.1) is 0 Å². The van der Waals surface area contributed by atoms with Gasteiger partial charge in [-0.1, -0.05) is 12.1 Å². The van der Waals surface area contributed by atoms with Crippen molar-refractivity contribution in [2.45, 2.75) is 19.1 Å². The standard InChI is InChI=1S/C15H12BrF3N2O/c1-9(10-3-2-4-12(5-10)15(17,18)19)21-14(22)11-6-13(16)8-20-7-11/h2-9H,1H3,(H,21,22). The monoisotopic (exact) mass is 372 g/mol. The maximum atomic E-state index is 12.7. The first-order valence-electron chi connectivity index (χ1n) is 6.36. The number of benzene rings is 1. The Balaban J connectivity index is 2.15. The first kappa shape index (κ1) is 16.5. The summed E-state index contributed by atoms with van der Waals surface area (Å²) in [7, 11) is 0. The number of alkyl halides is 3. The van der Waals surface area contributed by atoms with E-state index in [9.17, 15) is 18.0 Å². The third-order valence-corrected chi connectivity index (χ3v) is 3.46. The summed E-state index contributed by atoms with van der Waals surface area (Å²) in [5, 5.41) is 2.65. The molecule has 0 aliphatic carbocycles. The molecule has 0 radical (unpaired) electrons. The minimum atomic E-state index is -4.41. The molecule has 0 aliphatic rings. The molecule has 0 spiro atoms. The van der Waals surface area contributed by atoms with E-state index in [0.717, 1.165) is 12.1 Å². The number of aromatic nitrogens is 1. The summed E-state index contributed by atoms with van der Waals surface area (Å²) in [6.45, 7) is 1.62. The number of nitrogens with zero attached hydrogens (tertiary/aromatic N) is 1. The van der Waals surface area contributed by atoms with Crippen molar-refractivity contribution in [3.63, 3.8) is 0 Å². The van der Waals surface area contributed by atoms with Gasteiger partial charge in [-0.3, -0.25) is 9.78 Å². The highest BCUT2D eigenvalue weighted by Gasteiger charge is 2.30. The summed E-state index contributed by atoms with van der Waals surface area (Å²) in [5.74, 6) is -0.404. The molecule has 2 aromatic rings. The van der Waals surface area contributed by atoms with E-state index in [1.165, 1.54) is 18.5 Å². The molecule has 1 aromatic heterocycles. The quantitative estimate of drug-likeness (QED) is 0.869. The second-order valence-electron chi connectivity index (χ2n) is 4.71. The van der Waals surface area contributed by atoms with Crippen LogP contribution in [-0.4, -0.2) is 10.9 Å². The third-order valence-electron chi connectivity index (χ3n) is 3.03. The molecule has 1 N–H and O–H groups in total. The molecular weight excluding hydrogens is 361 g/mol. The first-order chi connectivity index (χ1) is 10.3. The van der Waals surface area contributed by atoms with Crippen LogP contribution in [0.4, 0.5) is 13.2 Å². The van der Waals surface area contributed by atoms with Crippen molar-refractivity contribution in [3.05, 3.63) is 63.9 Å². The Morgan fingerprint density at radius 1 is 1.27 bits per heavy atom. The van der Waals surface area contributed by atoms with Crippen LogP contribution in [0.15, 0.2) is 47.2 Å². The lowest BCUT2D eigenvalue weighted by Crippen LogP contribution is -2.27. The van der Waals surface area contributed by atoms with E-state index < -0.39 is 23.7 Å². The van der Waals surface area contributed by atoms with Crippen molar-refractivity contribution in [1.82, 2.24) is 10.3 Å². The van der Waals surface area contributed by atoms with Gasteiger partial charge in [0.1, 0.15) is 0 Å². The zero-order chi connectivity index (χ0) is 16.3. The number of hydrogen-bond donors (Lipinski definition) is 1. The molecule has 1 heterocycles. The molecule has 1 atom stereocenters. The summed E-state index contributed by atoms with van der Waals surface area (Å²) in [5.41, 5.74) is -0.0328. The SMILES string of the molecule is CC(NC(=O)c1cncc(Br)c1)c1cccc(C(F)(F)F)c1. The molecule has 0 aliphatic heterocycles.